The van der Waals surface area contributed by atoms with Crippen LogP contribution in [0.15, 0.2) is 24.3 Å². The van der Waals surface area contributed by atoms with Crippen LogP contribution in [0.1, 0.15) is 23.0 Å². The van der Waals surface area contributed by atoms with Crippen LogP contribution in [0.25, 0.3) is 0 Å². The molecule has 120 valence electrons. The fourth-order valence-electron chi connectivity index (χ4n) is 3.35. The first-order chi connectivity index (χ1) is 11.2. The van der Waals surface area contributed by atoms with Crippen LogP contribution in [0.5, 0.6) is 23.0 Å². The highest BCUT2D eigenvalue weighted by Gasteiger charge is 2.41. The van der Waals surface area contributed by atoms with E-state index in [1.54, 1.807) is 0 Å². The van der Waals surface area contributed by atoms with Gasteiger partial charge in [0.05, 0.1) is 0 Å². The number of hydrogen-bond donors (Lipinski definition) is 4. The first-order valence-electron chi connectivity index (χ1n) is 7.16. The number of phenolic OH excluding ortho intramolecular Hbond substituents is 4. The summed E-state index contributed by atoms with van der Waals surface area (Å²) in [5.74, 6) is -3.70. The normalized spacial score (nSPS) is 26.1. The molecule has 0 atom stereocenters. The maximum Gasteiger partial charge on any atom is 0.122 e. The number of benzene rings is 2. The first-order valence-corrected chi connectivity index (χ1v) is 7.16. The largest absolute Gasteiger partial charge is 0.851 e. The smallest absolute Gasteiger partial charge is 0.122 e. The summed E-state index contributed by atoms with van der Waals surface area (Å²) in [5.41, 5.74) is -0.136. The molecule has 24 heavy (non-hydrogen) atoms. The molecule has 1 fully saturated rings. The van der Waals surface area contributed by atoms with E-state index in [0.29, 0.717) is 0 Å². The minimum absolute atomic E-state index is 0.0131. The second-order valence-electron chi connectivity index (χ2n) is 5.92. The van der Waals surface area contributed by atoms with E-state index in [1.807, 2.05) is 0 Å². The molecule has 0 aromatic heterocycles. The Hall–Kier alpha value is -2.31. The van der Waals surface area contributed by atoms with E-state index in [1.165, 1.54) is 0 Å². The van der Waals surface area contributed by atoms with Gasteiger partial charge in [-0.25, -0.2) is 0 Å². The van der Waals surface area contributed by atoms with Gasteiger partial charge in [0, 0.05) is 12.1 Å². The van der Waals surface area contributed by atoms with Gasteiger partial charge in [0.1, 0.15) is 38.7 Å². The zero-order chi connectivity index (χ0) is 17.8. The molecule has 0 amide bonds. The summed E-state index contributed by atoms with van der Waals surface area (Å²) >= 11 is 0. The minimum Gasteiger partial charge on any atom is -0.851 e. The van der Waals surface area contributed by atoms with Gasteiger partial charge in [-0.3, -0.25) is 0 Å². The lowest BCUT2D eigenvalue weighted by molar-refractivity contribution is -0.536. The highest BCUT2D eigenvalue weighted by Crippen LogP contribution is 2.48. The van der Waals surface area contributed by atoms with Crippen LogP contribution in [0, 0.1) is 0 Å². The SMILES string of the molecule is [B]c1cc(O)cc(O)c1C1C([O-])C(c2c([B])cc(O)cc2O)C1[O-]. The molecule has 1 saturated carbocycles. The topological polar surface area (TPSA) is 127 Å². The monoisotopic (exact) mass is 322 g/mol. The van der Waals surface area contributed by atoms with Crippen molar-refractivity contribution >= 4 is 26.6 Å². The predicted molar refractivity (Wildman–Crippen MR) is 83.4 cm³/mol. The van der Waals surface area contributed by atoms with E-state index >= 15 is 0 Å². The van der Waals surface area contributed by atoms with Gasteiger partial charge >= 0.3 is 0 Å². The van der Waals surface area contributed by atoms with E-state index in [9.17, 15) is 30.6 Å². The molecule has 3 rings (SSSR count). The summed E-state index contributed by atoms with van der Waals surface area (Å²) in [7, 11) is 11.4. The predicted octanol–water partition coefficient (Wildman–Crippen LogP) is -2.56. The van der Waals surface area contributed by atoms with Crippen molar-refractivity contribution in [3.63, 3.8) is 0 Å². The Morgan fingerprint density at radius 2 is 1.00 bits per heavy atom. The highest BCUT2D eigenvalue weighted by molar-refractivity contribution is 6.34. The van der Waals surface area contributed by atoms with E-state index in [4.69, 9.17) is 15.7 Å². The van der Waals surface area contributed by atoms with Gasteiger partial charge in [0.15, 0.2) is 0 Å². The fourth-order valence-corrected chi connectivity index (χ4v) is 3.35. The van der Waals surface area contributed by atoms with Crippen LogP contribution in [-0.2, 0) is 0 Å². The molecule has 0 bridgehead atoms. The standard InChI is InChI=1S/C16H12B2O6/c17-7-1-5(19)3-9(21)11(7)13-15(23)14(16(13)24)12-8(18)2-6(20)4-10(12)22/h1-4,13-16,19-22H/q-2. The summed E-state index contributed by atoms with van der Waals surface area (Å²) in [6.07, 6.45) is -2.99. The molecule has 4 radical (unpaired) electrons. The number of aromatic hydroxyl groups is 4. The van der Waals surface area contributed by atoms with Crippen LogP contribution in [0.4, 0.5) is 0 Å². The molecule has 2 aromatic rings. The molecule has 0 aliphatic heterocycles. The molecule has 0 spiro atoms. The lowest BCUT2D eigenvalue weighted by atomic mass is 9.59. The Bertz CT molecular complexity index is 688. The summed E-state index contributed by atoms with van der Waals surface area (Å²) in [4.78, 5) is 0. The molecule has 2 aromatic carbocycles. The lowest BCUT2D eigenvalue weighted by Crippen LogP contribution is -2.65. The van der Waals surface area contributed by atoms with Gasteiger partial charge in [-0.1, -0.05) is 10.9 Å². The Kier molecular flexibility index (Phi) is 3.89. The Morgan fingerprint density at radius 1 is 0.667 bits per heavy atom. The third-order valence-corrected chi connectivity index (χ3v) is 4.43. The molecule has 0 unspecified atom stereocenters. The van der Waals surface area contributed by atoms with Gasteiger partial charge in [0.25, 0.3) is 0 Å². The van der Waals surface area contributed by atoms with Crippen molar-refractivity contribution in [1.82, 2.24) is 0 Å². The van der Waals surface area contributed by atoms with Gasteiger partial charge < -0.3 is 30.6 Å². The average Bonchev–Trinajstić information content (AvgIpc) is 2.46. The van der Waals surface area contributed by atoms with Crippen molar-refractivity contribution in [2.45, 2.75) is 24.0 Å². The lowest BCUT2D eigenvalue weighted by Gasteiger charge is -2.62. The number of hydrogen-bond acceptors (Lipinski definition) is 6. The van der Waals surface area contributed by atoms with Gasteiger partial charge in [0.2, 0.25) is 0 Å². The molecule has 4 N–H and O–H groups in total. The van der Waals surface area contributed by atoms with Crippen molar-refractivity contribution in [3.05, 3.63) is 35.4 Å². The van der Waals surface area contributed by atoms with Crippen LogP contribution in [0.3, 0.4) is 0 Å². The molecule has 6 nitrogen and oxygen atoms in total. The van der Waals surface area contributed by atoms with E-state index in [0.717, 1.165) is 24.3 Å². The van der Waals surface area contributed by atoms with Crippen molar-refractivity contribution in [2.24, 2.45) is 0 Å². The molecule has 0 saturated heterocycles. The van der Waals surface area contributed by atoms with E-state index < -0.39 is 35.5 Å². The molecule has 0 heterocycles. The summed E-state index contributed by atoms with van der Waals surface area (Å²) < 4.78 is 0. The Morgan fingerprint density at radius 3 is 1.29 bits per heavy atom. The van der Waals surface area contributed by atoms with Crippen LogP contribution >= 0.6 is 0 Å². The van der Waals surface area contributed by atoms with Crippen molar-refractivity contribution in [2.75, 3.05) is 0 Å². The van der Waals surface area contributed by atoms with Gasteiger partial charge in [-0.05, 0) is 35.1 Å². The summed E-state index contributed by atoms with van der Waals surface area (Å²) in [5, 5.41) is 63.8. The molecule has 1 aliphatic rings. The van der Waals surface area contributed by atoms with E-state index in [-0.39, 0.29) is 33.6 Å². The molecule has 1 aliphatic carbocycles. The zero-order valence-corrected chi connectivity index (χ0v) is 12.4. The van der Waals surface area contributed by atoms with Gasteiger partial charge in [-0.2, -0.15) is 0 Å². The molecule has 8 heteroatoms. The summed E-state index contributed by atoms with van der Waals surface area (Å²) in [6, 6.07) is 4.30. The first kappa shape index (κ1) is 16.5. The second-order valence-corrected chi connectivity index (χ2v) is 5.92. The van der Waals surface area contributed by atoms with Crippen molar-refractivity contribution < 1.29 is 30.6 Å². The quantitative estimate of drug-likeness (QED) is 0.450. The minimum atomic E-state index is -1.50. The summed E-state index contributed by atoms with van der Waals surface area (Å²) in [6.45, 7) is 0. The third-order valence-electron chi connectivity index (χ3n) is 4.43. The Balaban J connectivity index is 2.00. The number of rotatable bonds is 2. The maximum absolute atomic E-state index is 12.6. The van der Waals surface area contributed by atoms with Crippen LogP contribution in [-0.4, -0.2) is 48.3 Å². The maximum atomic E-state index is 12.6. The average molecular weight is 322 g/mol. The molecular weight excluding hydrogens is 310 g/mol. The zero-order valence-electron chi connectivity index (χ0n) is 12.4. The van der Waals surface area contributed by atoms with Gasteiger partial charge in [-0.15, -0.1) is 12.2 Å². The highest BCUT2D eigenvalue weighted by atomic mass is 16.3. The third kappa shape index (κ3) is 2.39. The molecular formula is C16H12B2O6-2. The van der Waals surface area contributed by atoms with Crippen molar-refractivity contribution in [3.8, 4) is 23.0 Å². The fraction of sp³-hybridized carbons (Fsp3) is 0.250. The van der Waals surface area contributed by atoms with Crippen molar-refractivity contribution in [1.29, 1.82) is 0 Å². The van der Waals surface area contributed by atoms with Crippen LogP contribution < -0.4 is 21.1 Å². The van der Waals surface area contributed by atoms with E-state index in [2.05, 4.69) is 0 Å². The second kappa shape index (κ2) is 5.65. The Labute approximate surface area is 140 Å². The van der Waals surface area contributed by atoms with Crippen LogP contribution in [0.2, 0.25) is 0 Å². The number of phenols is 4.